The molecule has 0 saturated carbocycles. The first-order chi connectivity index (χ1) is 24.1. The maximum absolute atomic E-state index is 8.49. The van der Waals surface area contributed by atoms with Gasteiger partial charge in [0.05, 0.1) is 13.7 Å². The van der Waals surface area contributed by atoms with Crippen LogP contribution in [0.2, 0.25) is 19.6 Å². The molecule has 0 amide bonds. The molecule has 0 N–H and O–H groups in total. The molecule has 0 bridgehead atoms. The molecule has 0 aliphatic carbocycles. The van der Waals surface area contributed by atoms with Gasteiger partial charge in [-0.3, -0.25) is 0 Å². The Hall–Kier alpha value is -4.15. The van der Waals surface area contributed by atoms with E-state index in [9.17, 15) is 0 Å². The van der Waals surface area contributed by atoms with Crippen molar-refractivity contribution >= 4 is 35.2 Å². The van der Waals surface area contributed by atoms with E-state index in [2.05, 4.69) is 117 Å². The topological polar surface area (TPSA) is 38.9 Å². The SMILES string of the molecule is C[Si](C)(C)c1ccc(-c2[c-]cccc2)nc1.[2H]C([2H])(c1ccnc(-c2[c-]ccc3c2oc2cc(-c4ccc(C(C)(C)C)cc4)ccc23)c1)C(C)C.[Ir]. The Labute approximate surface area is 315 Å². The van der Waals surface area contributed by atoms with Crippen molar-refractivity contribution in [1.82, 2.24) is 9.97 Å². The maximum atomic E-state index is 8.49. The standard InChI is InChI=1S/C31H30NO.C14H16NSi.Ir/c1-20(2)17-21-15-16-32-28(18-21)27-8-6-7-26-25-14-11-23(19-29(25)33-30(26)27)22-9-12-24(13-10-22)31(3,4)5;1-16(2,3)13-9-10-14(15-11-13)12-7-5-4-6-8-12;/h6-7,9-16,18-20H,17H2,1-5H3;4-7,9-11H,1-3H3;/q2*-1;/i17D2;;. The van der Waals surface area contributed by atoms with Crippen LogP contribution in [0.25, 0.3) is 55.6 Å². The van der Waals surface area contributed by atoms with Gasteiger partial charge in [0.1, 0.15) is 5.58 Å². The van der Waals surface area contributed by atoms with Gasteiger partial charge in [0.15, 0.2) is 0 Å². The Balaban J connectivity index is 0.000000258. The fourth-order valence-electron chi connectivity index (χ4n) is 5.81. The van der Waals surface area contributed by atoms with Crippen LogP contribution in [0.4, 0.5) is 0 Å². The number of fused-ring (bicyclic) bond motifs is 3. The minimum Gasteiger partial charge on any atom is -0.501 e. The van der Waals surface area contributed by atoms with Gasteiger partial charge in [0.25, 0.3) is 0 Å². The van der Waals surface area contributed by atoms with Crippen molar-refractivity contribution in [3.05, 3.63) is 139 Å². The van der Waals surface area contributed by atoms with Crippen molar-refractivity contribution < 1.29 is 27.3 Å². The molecule has 0 aliphatic heterocycles. The van der Waals surface area contributed by atoms with E-state index >= 15 is 0 Å². The molecular weight excluding hydrogens is 805 g/mol. The largest absolute Gasteiger partial charge is 0.501 e. The molecule has 257 valence electrons. The monoisotopic (exact) mass is 853 g/mol. The van der Waals surface area contributed by atoms with Crippen LogP contribution in [-0.4, -0.2) is 18.0 Å². The van der Waals surface area contributed by atoms with Crippen molar-refractivity contribution in [2.24, 2.45) is 5.92 Å². The molecule has 7 aromatic rings. The van der Waals surface area contributed by atoms with E-state index in [0.717, 1.165) is 49.9 Å². The maximum Gasteiger partial charge on any atom is 0.121 e. The van der Waals surface area contributed by atoms with Crippen LogP contribution in [0.3, 0.4) is 0 Å². The van der Waals surface area contributed by atoms with Gasteiger partial charge < -0.3 is 14.4 Å². The summed E-state index contributed by atoms with van der Waals surface area (Å²) in [6, 6.07) is 41.2. The summed E-state index contributed by atoms with van der Waals surface area (Å²) in [6.07, 6.45) is 2.23. The summed E-state index contributed by atoms with van der Waals surface area (Å²) in [5.74, 6) is -0.153. The van der Waals surface area contributed by atoms with Gasteiger partial charge in [0.2, 0.25) is 0 Å². The van der Waals surface area contributed by atoms with E-state index in [-0.39, 0.29) is 31.4 Å². The van der Waals surface area contributed by atoms with Crippen LogP contribution in [0.1, 0.15) is 48.5 Å². The van der Waals surface area contributed by atoms with Crippen molar-refractivity contribution in [1.29, 1.82) is 0 Å². The van der Waals surface area contributed by atoms with E-state index in [1.807, 2.05) is 62.5 Å². The quantitative estimate of drug-likeness (QED) is 0.124. The zero-order valence-corrected chi connectivity index (χ0v) is 33.6. The molecular formula is C45H46IrN2OSi-2. The Morgan fingerprint density at radius 2 is 1.54 bits per heavy atom. The van der Waals surface area contributed by atoms with E-state index in [4.69, 9.17) is 7.16 Å². The number of rotatable bonds is 6. The van der Waals surface area contributed by atoms with Gasteiger partial charge in [-0.2, -0.15) is 0 Å². The van der Waals surface area contributed by atoms with E-state index in [1.54, 1.807) is 12.3 Å². The molecule has 0 spiro atoms. The molecule has 0 unspecified atom stereocenters. The predicted octanol–water partition coefficient (Wildman–Crippen LogP) is 11.7. The third-order valence-corrected chi connectivity index (χ3v) is 10.6. The second-order valence-corrected chi connectivity index (χ2v) is 20.0. The molecule has 1 radical (unpaired) electrons. The summed E-state index contributed by atoms with van der Waals surface area (Å²) in [6.45, 7) is 17.4. The molecule has 5 heteroatoms. The second kappa shape index (κ2) is 15.4. The fraction of sp³-hybridized carbons (Fsp3) is 0.244. The predicted molar refractivity (Wildman–Crippen MR) is 210 cm³/mol. The molecule has 50 heavy (non-hydrogen) atoms. The molecule has 3 heterocycles. The number of nitrogens with zero attached hydrogens (tertiary/aromatic N) is 2. The Kier molecular flexibility index (Phi) is 10.6. The zero-order valence-electron chi connectivity index (χ0n) is 32.2. The van der Waals surface area contributed by atoms with Crippen molar-refractivity contribution in [2.45, 2.75) is 66.0 Å². The first-order valence-corrected chi connectivity index (χ1v) is 20.5. The van der Waals surface area contributed by atoms with Gasteiger partial charge in [0, 0.05) is 40.6 Å². The van der Waals surface area contributed by atoms with Crippen molar-refractivity contribution in [3.8, 4) is 33.6 Å². The van der Waals surface area contributed by atoms with Crippen LogP contribution >= 0.6 is 0 Å². The van der Waals surface area contributed by atoms with Crippen LogP contribution in [0.5, 0.6) is 0 Å². The molecule has 0 atom stereocenters. The third-order valence-electron chi connectivity index (χ3n) is 8.60. The molecule has 3 aromatic heterocycles. The Morgan fingerprint density at radius 3 is 2.18 bits per heavy atom. The van der Waals surface area contributed by atoms with Crippen molar-refractivity contribution in [3.63, 3.8) is 0 Å². The summed E-state index contributed by atoms with van der Waals surface area (Å²) >= 11 is 0. The third kappa shape index (κ3) is 8.58. The number of pyridine rings is 2. The second-order valence-electron chi connectivity index (χ2n) is 14.9. The molecule has 0 aliphatic rings. The van der Waals surface area contributed by atoms with E-state index < -0.39 is 14.4 Å². The molecule has 7 rings (SSSR count). The summed E-state index contributed by atoms with van der Waals surface area (Å²) in [5.41, 5.74) is 9.30. The number of benzene rings is 4. The normalized spacial score (nSPS) is 12.6. The van der Waals surface area contributed by atoms with E-state index in [0.29, 0.717) is 11.3 Å². The van der Waals surface area contributed by atoms with Crippen LogP contribution in [-0.2, 0) is 31.9 Å². The zero-order chi connectivity index (χ0) is 36.6. The summed E-state index contributed by atoms with van der Waals surface area (Å²) < 4.78 is 23.4. The average Bonchev–Trinajstić information content (AvgIpc) is 3.50. The minimum atomic E-state index is -1.45. The summed E-state index contributed by atoms with van der Waals surface area (Å²) in [4.78, 5) is 9.06. The van der Waals surface area contributed by atoms with Crippen LogP contribution < -0.4 is 5.19 Å². The molecule has 4 aromatic carbocycles. The average molecular weight is 853 g/mol. The Morgan fingerprint density at radius 1 is 0.780 bits per heavy atom. The Bertz CT molecular complexity index is 2270. The summed E-state index contributed by atoms with van der Waals surface area (Å²) in [5, 5.41) is 3.44. The number of furan rings is 1. The number of hydrogen-bond donors (Lipinski definition) is 0. The molecule has 0 fully saturated rings. The number of hydrogen-bond acceptors (Lipinski definition) is 3. The van der Waals surface area contributed by atoms with Gasteiger partial charge in [-0.05, 0) is 63.1 Å². The van der Waals surface area contributed by atoms with Crippen LogP contribution in [0.15, 0.2) is 120 Å². The summed E-state index contributed by atoms with van der Waals surface area (Å²) in [7, 11) is -1.23. The first-order valence-electron chi connectivity index (χ1n) is 18.0. The van der Waals surface area contributed by atoms with E-state index in [1.165, 1.54) is 10.8 Å². The van der Waals surface area contributed by atoms with Gasteiger partial charge in [-0.15, -0.1) is 54.1 Å². The fourth-order valence-corrected chi connectivity index (χ4v) is 6.85. The van der Waals surface area contributed by atoms with Gasteiger partial charge in [-0.1, -0.05) is 125 Å². The van der Waals surface area contributed by atoms with Gasteiger partial charge in [-0.25, -0.2) is 0 Å². The van der Waals surface area contributed by atoms with Crippen molar-refractivity contribution in [2.75, 3.05) is 0 Å². The van der Waals surface area contributed by atoms with Gasteiger partial charge >= 0.3 is 0 Å². The first kappa shape index (κ1) is 34.3. The number of aromatic nitrogens is 2. The molecule has 3 nitrogen and oxygen atoms in total. The van der Waals surface area contributed by atoms with Crippen LogP contribution in [0, 0.1) is 18.1 Å². The smallest absolute Gasteiger partial charge is 0.121 e. The molecule has 0 saturated heterocycles. The minimum absolute atomic E-state index is 0.